The van der Waals surface area contributed by atoms with Gasteiger partial charge in [-0.15, -0.1) is 0 Å². The lowest BCUT2D eigenvalue weighted by molar-refractivity contribution is -0.0105. The van der Waals surface area contributed by atoms with Crippen LogP contribution in [0.15, 0.2) is 0 Å². The van der Waals surface area contributed by atoms with Crippen molar-refractivity contribution in [1.82, 2.24) is 0 Å². The van der Waals surface area contributed by atoms with Crippen molar-refractivity contribution < 1.29 is 24.4 Å². The largest absolute Gasteiger partial charge is 0.388 e. The summed E-state index contributed by atoms with van der Waals surface area (Å²) in [6.45, 7) is 0.365. The molecule has 84 valence electrons. The zero-order chi connectivity index (χ0) is 10.9. The summed E-state index contributed by atoms with van der Waals surface area (Å²) in [4.78, 5) is 9.20. The Morgan fingerprint density at radius 3 is 2.36 bits per heavy atom. The van der Waals surface area contributed by atoms with Crippen molar-refractivity contribution in [3.05, 3.63) is 0 Å². The van der Waals surface area contributed by atoms with Gasteiger partial charge in [-0.2, -0.15) is 0 Å². The smallest absolute Gasteiger partial charge is 0.183 e. The average molecular weight is 242 g/mol. The van der Waals surface area contributed by atoms with E-state index in [-0.39, 0.29) is 6.61 Å². The fourth-order valence-electron chi connectivity index (χ4n) is 1.28. The van der Waals surface area contributed by atoms with Crippen LogP contribution in [0, 0.1) is 0 Å². The number of aliphatic hydroxyl groups excluding tert-OH is 2. The average Bonchev–Trinajstić information content (AvgIpc) is 2.28. The van der Waals surface area contributed by atoms with Gasteiger partial charge in [0, 0.05) is 6.66 Å². The number of rotatable bonds is 3. The Morgan fingerprint density at radius 2 is 2.00 bits per heavy atom. The zero-order valence-corrected chi connectivity index (χ0v) is 9.74. The van der Waals surface area contributed by atoms with E-state index in [9.17, 15) is 15.1 Å². The van der Waals surface area contributed by atoms with Crippen LogP contribution in [-0.2, 0) is 21.1 Å². The predicted octanol–water partition coefficient (Wildman–Crippen LogP) is -0.556. The van der Waals surface area contributed by atoms with E-state index in [4.69, 9.17) is 9.26 Å². The van der Waals surface area contributed by atoms with Crippen LogP contribution in [0.5, 0.6) is 0 Å². The van der Waals surface area contributed by atoms with Gasteiger partial charge < -0.3 is 24.4 Å². The standard InChI is InChI=1S/C7H15O5PS/c1-4-6(8)7(9)5(12-4)3-11-13(2,10)14/h4-9H,3H2,1-2H3,(H,10,14)/t4-,5+,6+,7?,13?/m0/s1. The summed E-state index contributed by atoms with van der Waals surface area (Å²) in [7, 11) is 0. The van der Waals surface area contributed by atoms with Gasteiger partial charge in [-0.1, -0.05) is 0 Å². The molecule has 1 fully saturated rings. The highest BCUT2D eigenvalue weighted by molar-refractivity contribution is 8.09. The van der Waals surface area contributed by atoms with E-state index in [2.05, 4.69) is 11.8 Å². The molecule has 0 spiro atoms. The second kappa shape index (κ2) is 4.53. The molecule has 1 rings (SSSR count). The fraction of sp³-hybridized carbons (Fsp3) is 1.00. The minimum absolute atomic E-state index is 0.00679. The minimum Gasteiger partial charge on any atom is -0.388 e. The van der Waals surface area contributed by atoms with Gasteiger partial charge in [0.15, 0.2) is 6.49 Å². The molecule has 0 bridgehead atoms. The van der Waals surface area contributed by atoms with Gasteiger partial charge in [-0.05, 0) is 18.7 Å². The van der Waals surface area contributed by atoms with E-state index in [0.717, 1.165) is 0 Å². The first-order chi connectivity index (χ1) is 6.31. The summed E-state index contributed by atoms with van der Waals surface area (Å²) in [6.07, 6.45) is -2.93. The van der Waals surface area contributed by atoms with E-state index in [1.165, 1.54) is 6.66 Å². The van der Waals surface area contributed by atoms with Crippen molar-refractivity contribution in [3.63, 3.8) is 0 Å². The van der Waals surface area contributed by atoms with E-state index >= 15 is 0 Å². The van der Waals surface area contributed by atoms with Gasteiger partial charge in [-0.3, -0.25) is 0 Å². The van der Waals surface area contributed by atoms with Gasteiger partial charge in [0.1, 0.15) is 18.3 Å². The number of aliphatic hydroxyl groups is 2. The third-order valence-electron chi connectivity index (χ3n) is 2.08. The molecule has 0 aliphatic carbocycles. The van der Waals surface area contributed by atoms with Crippen LogP contribution in [-0.4, -0.2) is 52.8 Å². The molecule has 0 amide bonds. The van der Waals surface area contributed by atoms with Gasteiger partial charge in [0.25, 0.3) is 0 Å². The Kier molecular flexibility index (Phi) is 4.05. The molecule has 14 heavy (non-hydrogen) atoms. The molecular weight excluding hydrogens is 227 g/mol. The van der Waals surface area contributed by atoms with Crippen LogP contribution in [0.25, 0.3) is 0 Å². The highest BCUT2D eigenvalue weighted by Crippen LogP contribution is 2.38. The molecule has 2 unspecified atom stereocenters. The lowest BCUT2D eigenvalue weighted by atomic mass is 10.1. The van der Waals surface area contributed by atoms with Crippen molar-refractivity contribution in [3.8, 4) is 0 Å². The SMILES string of the molecule is C[C@@H]1O[C@H](COP(C)(O)=S)C(O)[C@@H]1O. The molecule has 5 atom stereocenters. The molecule has 7 heteroatoms. The summed E-state index contributed by atoms with van der Waals surface area (Å²) in [5.41, 5.74) is 0. The van der Waals surface area contributed by atoms with Gasteiger partial charge in [0.2, 0.25) is 0 Å². The van der Waals surface area contributed by atoms with Crippen molar-refractivity contribution in [2.45, 2.75) is 31.3 Å². The van der Waals surface area contributed by atoms with Gasteiger partial charge >= 0.3 is 0 Å². The highest BCUT2D eigenvalue weighted by Gasteiger charge is 2.40. The van der Waals surface area contributed by atoms with Gasteiger partial charge in [0.05, 0.1) is 12.7 Å². The quantitative estimate of drug-likeness (QED) is 0.576. The monoisotopic (exact) mass is 242 g/mol. The third kappa shape index (κ3) is 3.24. The van der Waals surface area contributed by atoms with Crippen LogP contribution in [0.2, 0.25) is 0 Å². The molecule has 1 heterocycles. The van der Waals surface area contributed by atoms with Crippen molar-refractivity contribution in [2.75, 3.05) is 13.3 Å². The molecule has 1 saturated heterocycles. The van der Waals surface area contributed by atoms with Crippen molar-refractivity contribution >= 4 is 18.3 Å². The molecule has 3 N–H and O–H groups in total. The van der Waals surface area contributed by atoms with Gasteiger partial charge in [-0.25, -0.2) is 0 Å². The summed E-state index contributed by atoms with van der Waals surface area (Å²) in [5.74, 6) is 0. The van der Waals surface area contributed by atoms with E-state index in [0.29, 0.717) is 0 Å². The first-order valence-corrected chi connectivity index (χ1v) is 7.39. The van der Waals surface area contributed by atoms with E-state index in [1.807, 2.05) is 0 Å². The molecule has 0 aromatic carbocycles. The lowest BCUT2D eigenvalue weighted by Gasteiger charge is -2.17. The molecule has 0 aromatic heterocycles. The Morgan fingerprint density at radius 1 is 1.43 bits per heavy atom. The Hall–Kier alpha value is 0.450. The summed E-state index contributed by atoms with van der Waals surface area (Å²) < 4.78 is 10.2. The number of hydrogen-bond acceptors (Lipinski definition) is 5. The highest BCUT2D eigenvalue weighted by atomic mass is 32.5. The van der Waals surface area contributed by atoms with Crippen LogP contribution in [0.4, 0.5) is 0 Å². The maximum Gasteiger partial charge on any atom is 0.183 e. The van der Waals surface area contributed by atoms with Crippen molar-refractivity contribution in [1.29, 1.82) is 0 Å². The summed E-state index contributed by atoms with van der Waals surface area (Å²) in [6, 6.07) is 0. The molecule has 1 aliphatic heterocycles. The normalized spacial score (nSPS) is 42.4. The first kappa shape index (κ1) is 12.5. The Balaban J connectivity index is 2.44. The molecule has 1 aliphatic rings. The van der Waals surface area contributed by atoms with Crippen LogP contribution in [0.3, 0.4) is 0 Å². The molecular formula is C7H15O5PS. The van der Waals surface area contributed by atoms with E-state index in [1.54, 1.807) is 6.92 Å². The number of ether oxygens (including phenoxy) is 1. The zero-order valence-electron chi connectivity index (χ0n) is 8.03. The fourth-order valence-corrected chi connectivity index (χ4v) is 1.89. The molecule has 5 nitrogen and oxygen atoms in total. The maximum atomic E-state index is 9.47. The van der Waals surface area contributed by atoms with Crippen molar-refractivity contribution in [2.24, 2.45) is 0 Å². The maximum absolute atomic E-state index is 9.47. The first-order valence-electron chi connectivity index (χ1n) is 4.27. The lowest BCUT2D eigenvalue weighted by Crippen LogP contribution is -2.33. The summed E-state index contributed by atoms with van der Waals surface area (Å²) in [5, 5.41) is 18.8. The van der Waals surface area contributed by atoms with Crippen LogP contribution in [0.1, 0.15) is 6.92 Å². The molecule has 0 saturated carbocycles. The van der Waals surface area contributed by atoms with Crippen LogP contribution < -0.4 is 0 Å². The number of hydrogen-bond donors (Lipinski definition) is 3. The van der Waals surface area contributed by atoms with Crippen LogP contribution >= 0.6 is 6.49 Å². The second-order valence-electron chi connectivity index (χ2n) is 3.46. The molecule has 0 aromatic rings. The van der Waals surface area contributed by atoms with E-state index < -0.39 is 30.9 Å². The minimum atomic E-state index is -2.72. The third-order valence-corrected chi connectivity index (χ3v) is 3.02. The Bertz CT molecular complexity index is 242. The second-order valence-corrected chi connectivity index (χ2v) is 7.36. The molecule has 0 radical (unpaired) electrons. The summed E-state index contributed by atoms with van der Waals surface area (Å²) >= 11 is 4.66. The predicted molar refractivity (Wildman–Crippen MR) is 54.7 cm³/mol. The topological polar surface area (TPSA) is 79.2 Å². The Labute approximate surface area is 87.8 Å².